The van der Waals surface area contributed by atoms with Crippen LogP contribution in [0.4, 0.5) is 0 Å². The molecule has 4 unspecified atom stereocenters. The average molecular weight is 528 g/mol. The number of imidazole rings is 1. The molecule has 16 heteroatoms. The number of unbranched alkanes of at least 4 members (excludes halogenated alkanes) is 1. The van der Waals surface area contributed by atoms with Gasteiger partial charge in [-0.3, -0.25) is 24.0 Å². The number of carboxylic acids is 3. The fourth-order valence-electron chi connectivity index (χ4n) is 3.20. The van der Waals surface area contributed by atoms with Crippen LogP contribution in [0.3, 0.4) is 0 Å². The van der Waals surface area contributed by atoms with Gasteiger partial charge in [0.15, 0.2) is 0 Å². The minimum atomic E-state index is -1.63. The van der Waals surface area contributed by atoms with Crippen molar-refractivity contribution in [2.24, 2.45) is 11.5 Å². The van der Waals surface area contributed by atoms with Gasteiger partial charge in [0.05, 0.1) is 18.8 Å². The zero-order valence-corrected chi connectivity index (χ0v) is 20.0. The molecule has 1 aromatic heterocycles. The molecular formula is C21H33N7O9. The largest absolute Gasteiger partial charge is 0.481 e. The highest BCUT2D eigenvalue weighted by Crippen LogP contribution is 2.06. The highest BCUT2D eigenvalue weighted by molar-refractivity contribution is 5.95. The summed E-state index contributed by atoms with van der Waals surface area (Å²) in [5, 5.41) is 34.3. The van der Waals surface area contributed by atoms with Gasteiger partial charge in [0, 0.05) is 24.7 Å². The van der Waals surface area contributed by atoms with Gasteiger partial charge in [-0.15, -0.1) is 0 Å². The van der Waals surface area contributed by atoms with Crippen molar-refractivity contribution in [1.82, 2.24) is 25.9 Å². The molecule has 0 saturated carbocycles. The number of carboxylic acid groups (broad SMARTS) is 3. The molecule has 37 heavy (non-hydrogen) atoms. The zero-order valence-electron chi connectivity index (χ0n) is 20.0. The van der Waals surface area contributed by atoms with Crippen LogP contribution in [0.25, 0.3) is 0 Å². The lowest BCUT2D eigenvalue weighted by Crippen LogP contribution is -2.57. The predicted molar refractivity (Wildman–Crippen MR) is 126 cm³/mol. The molecule has 0 saturated heterocycles. The molecule has 0 aliphatic rings. The van der Waals surface area contributed by atoms with Crippen molar-refractivity contribution in [1.29, 1.82) is 0 Å². The van der Waals surface area contributed by atoms with E-state index < -0.39 is 72.6 Å². The molecule has 0 spiro atoms. The van der Waals surface area contributed by atoms with E-state index in [0.717, 1.165) is 0 Å². The summed E-state index contributed by atoms with van der Waals surface area (Å²) < 4.78 is 0. The maximum atomic E-state index is 12.9. The third-order valence-corrected chi connectivity index (χ3v) is 5.19. The van der Waals surface area contributed by atoms with Crippen LogP contribution in [0.5, 0.6) is 0 Å². The molecule has 3 amide bonds. The van der Waals surface area contributed by atoms with Gasteiger partial charge in [0.1, 0.15) is 18.1 Å². The lowest BCUT2D eigenvalue weighted by Gasteiger charge is -2.24. The number of hydrogen-bond acceptors (Lipinski definition) is 9. The van der Waals surface area contributed by atoms with Crippen LogP contribution >= 0.6 is 0 Å². The van der Waals surface area contributed by atoms with Crippen LogP contribution in [0.1, 0.15) is 44.2 Å². The number of aromatic nitrogens is 2. The fourth-order valence-corrected chi connectivity index (χ4v) is 3.20. The summed E-state index contributed by atoms with van der Waals surface area (Å²) >= 11 is 0. The summed E-state index contributed by atoms with van der Waals surface area (Å²) in [5.74, 6) is -6.76. The Morgan fingerprint density at radius 1 is 0.865 bits per heavy atom. The number of hydrogen-bond donors (Lipinski definition) is 9. The second-order valence-electron chi connectivity index (χ2n) is 8.22. The Bertz CT molecular complexity index is 939. The number of H-pyrrole nitrogens is 1. The highest BCUT2D eigenvalue weighted by Gasteiger charge is 2.31. The molecular weight excluding hydrogens is 494 g/mol. The number of carbonyl (C=O) groups is 6. The van der Waals surface area contributed by atoms with Crippen molar-refractivity contribution >= 4 is 35.6 Å². The second-order valence-corrected chi connectivity index (χ2v) is 8.22. The Morgan fingerprint density at radius 3 is 2.03 bits per heavy atom. The molecule has 206 valence electrons. The van der Waals surface area contributed by atoms with Crippen LogP contribution in [0.15, 0.2) is 12.5 Å². The molecule has 1 heterocycles. The van der Waals surface area contributed by atoms with Crippen LogP contribution in [0.2, 0.25) is 0 Å². The Hall–Kier alpha value is -4.05. The number of amides is 3. The molecule has 16 nitrogen and oxygen atoms in total. The summed E-state index contributed by atoms with van der Waals surface area (Å²) in [7, 11) is 0. The van der Waals surface area contributed by atoms with Crippen LogP contribution in [-0.4, -0.2) is 91.6 Å². The number of nitrogens with one attached hydrogen (secondary N) is 4. The molecule has 11 N–H and O–H groups in total. The Kier molecular flexibility index (Phi) is 13.3. The number of rotatable bonds is 18. The van der Waals surface area contributed by atoms with Gasteiger partial charge in [0.25, 0.3) is 0 Å². The van der Waals surface area contributed by atoms with E-state index in [1.54, 1.807) is 0 Å². The Labute approximate surface area is 211 Å². The molecule has 1 rings (SSSR count). The van der Waals surface area contributed by atoms with E-state index in [4.69, 9.17) is 16.6 Å². The third kappa shape index (κ3) is 12.0. The summed E-state index contributed by atoms with van der Waals surface area (Å²) in [6, 6.07) is -5.58. The van der Waals surface area contributed by atoms with Crippen LogP contribution < -0.4 is 27.4 Å². The van der Waals surface area contributed by atoms with Crippen molar-refractivity contribution in [2.75, 3.05) is 6.54 Å². The number of nitrogens with zero attached hydrogens (tertiary/aromatic N) is 1. The maximum absolute atomic E-state index is 12.9. The number of nitrogens with two attached hydrogens (primary N) is 2. The minimum absolute atomic E-state index is 0.0526. The molecule has 1 aromatic rings. The van der Waals surface area contributed by atoms with Crippen molar-refractivity contribution in [3.63, 3.8) is 0 Å². The van der Waals surface area contributed by atoms with Gasteiger partial charge in [-0.25, -0.2) is 9.78 Å². The number of aromatic amines is 1. The van der Waals surface area contributed by atoms with Crippen molar-refractivity contribution in [3.8, 4) is 0 Å². The quantitative estimate of drug-likeness (QED) is 0.0881. The van der Waals surface area contributed by atoms with E-state index >= 15 is 0 Å². The molecule has 0 radical (unpaired) electrons. The Balaban J connectivity index is 2.97. The van der Waals surface area contributed by atoms with E-state index in [2.05, 4.69) is 25.9 Å². The second kappa shape index (κ2) is 15.8. The number of carbonyl (C=O) groups excluding carboxylic acids is 3. The van der Waals surface area contributed by atoms with Gasteiger partial charge < -0.3 is 47.7 Å². The SMILES string of the molecule is NCCCCC(NC(=O)C(CC(=O)O)NC(=O)C(N)CCC(=O)O)C(=O)NC(Cc1cnc[nH]1)C(=O)O. The van der Waals surface area contributed by atoms with Crippen molar-refractivity contribution < 1.29 is 44.1 Å². The first-order chi connectivity index (χ1) is 17.4. The van der Waals surface area contributed by atoms with Gasteiger partial charge >= 0.3 is 17.9 Å². The first-order valence-electron chi connectivity index (χ1n) is 11.4. The van der Waals surface area contributed by atoms with Gasteiger partial charge in [-0.2, -0.15) is 0 Å². The summed E-state index contributed by atoms with van der Waals surface area (Å²) in [6.45, 7) is 0.297. The lowest BCUT2D eigenvalue weighted by molar-refractivity contribution is -0.143. The summed E-state index contributed by atoms with van der Waals surface area (Å²) in [6.07, 6.45) is 2.02. The maximum Gasteiger partial charge on any atom is 0.326 e. The molecule has 0 fully saturated rings. The molecule has 0 bridgehead atoms. The van der Waals surface area contributed by atoms with E-state index in [0.29, 0.717) is 25.1 Å². The van der Waals surface area contributed by atoms with E-state index in [9.17, 15) is 39.0 Å². The van der Waals surface area contributed by atoms with Crippen LogP contribution in [0, 0.1) is 0 Å². The van der Waals surface area contributed by atoms with E-state index in [1.165, 1.54) is 12.5 Å². The Morgan fingerprint density at radius 2 is 1.49 bits per heavy atom. The highest BCUT2D eigenvalue weighted by atomic mass is 16.4. The molecule has 0 aromatic carbocycles. The first kappa shape index (κ1) is 31.0. The molecule has 0 aliphatic heterocycles. The smallest absolute Gasteiger partial charge is 0.326 e. The zero-order chi connectivity index (χ0) is 28.0. The standard InChI is InChI=1S/C21H33N7O9/c22-6-2-1-3-13(19(34)28-15(21(36)37)7-11-9-24-10-25-11)26-20(35)14(8-17(31)32)27-18(33)12(23)4-5-16(29)30/h9-10,12-15H,1-8,22-23H2,(H,24,25)(H,26,35)(H,27,33)(H,28,34)(H,29,30)(H,31,32)(H,36,37). The van der Waals surface area contributed by atoms with E-state index in [-0.39, 0.29) is 19.3 Å². The number of aliphatic carboxylic acids is 3. The summed E-state index contributed by atoms with van der Waals surface area (Å²) in [4.78, 5) is 78.2. The monoisotopic (exact) mass is 527 g/mol. The van der Waals surface area contributed by atoms with Crippen molar-refractivity contribution in [2.45, 2.75) is 69.1 Å². The normalized spacial score (nSPS) is 14.0. The average Bonchev–Trinajstić information content (AvgIpc) is 3.33. The summed E-state index contributed by atoms with van der Waals surface area (Å²) in [5.41, 5.74) is 11.5. The van der Waals surface area contributed by atoms with Crippen LogP contribution in [-0.2, 0) is 35.2 Å². The minimum Gasteiger partial charge on any atom is -0.481 e. The topological polar surface area (TPSA) is 280 Å². The van der Waals surface area contributed by atoms with E-state index in [1.807, 2.05) is 0 Å². The third-order valence-electron chi connectivity index (χ3n) is 5.19. The lowest BCUT2D eigenvalue weighted by atomic mass is 10.1. The van der Waals surface area contributed by atoms with Gasteiger partial charge in [-0.1, -0.05) is 0 Å². The van der Waals surface area contributed by atoms with Gasteiger partial charge in [0.2, 0.25) is 17.7 Å². The van der Waals surface area contributed by atoms with Gasteiger partial charge in [-0.05, 0) is 32.2 Å². The van der Waals surface area contributed by atoms with Crippen molar-refractivity contribution in [3.05, 3.63) is 18.2 Å². The molecule has 0 aliphatic carbocycles. The predicted octanol–water partition coefficient (Wildman–Crippen LogP) is -2.71. The first-order valence-corrected chi connectivity index (χ1v) is 11.4. The molecule has 4 atom stereocenters. The fraction of sp³-hybridized carbons (Fsp3) is 0.571.